The minimum Gasteiger partial charge on any atom is -0.452 e. The minimum absolute atomic E-state index is 0.258. The first kappa shape index (κ1) is 31.7. The summed E-state index contributed by atoms with van der Waals surface area (Å²) in [5, 5.41) is 0.780. The summed E-state index contributed by atoms with van der Waals surface area (Å²) < 4.78 is 7.33. The summed E-state index contributed by atoms with van der Waals surface area (Å²) in [5.74, 6) is 2.71. The van der Waals surface area contributed by atoms with Gasteiger partial charge in [0.05, 0.1) is 0 Å². The molecule has 4 aromatic heterocycles. The summed E-state index contributed by atoms with van der Waals surface area (Å²) >= 11 is 3.62. The van der Waals surface area contributed by atoms with Gasteiger partial charge < -0.3 is 4.42 Å². The van der Waals surface area contributed by atoms with E-state index in [9.17, 15) is 0 Å². The van der Waals surface area contributed by atoms with Crippen LogP contribution in [0.3, 0.4) is 0 Å². The van der Waals surface area contributed by atoms with Crippen molar-refractivity contribution in [2.45, 2.75) is 6.92 Å². The highest BCUT2D eigenvalue weighted by Gasteiger charge is 2.24. The third-order valence-electron chi connectivity index (χ3n) is 8.00. The number of benzene rings is 4. The van der Waals surface area contributed by atoms with Crippen LogP contribution in [0.1, 0.15) is 12.7 Å². The molecule has 0 saturated carbocycles. The Kier molecular flexibility index (Phi) is 8.57. The molecule has 4 heterocycles. The van der Waals surface area contributed by atoms with E-state index in [1.807, 2.05) is 134 Å². The number of hydrogen-bond donors (Lipinski definition) is 0. The zero-order valence-corrected chi connectivity index (χ0v) is 28.9. The topological polar surface area (TPSA) is 116 Å². The van der Waals surface area contributed by atoms with E-state index in [-0.39, 0.29) is 11.6 Å². The van der Waals surface area contributed by atoms with Crippen molar-refractivity contribution in [1.82, 2.24) is 39.9 Å². The molecule has 0 spiro atoms. The van der Waals surface area contributed by atoms with Crippen molar-refractivity contribution in [3.05, 3.63) is 150 Å². The molecule has 0 aliphatic carbocycles. The first-order valence-corrected chi connectivity index (χ1v) is 16.9. The third-order valence-corrected chi connectivity index (χ3v) is 8.49. The van der Waals surface area contributed by atoms with E-state index in [2.05, 4.69) is 22.5 Å². The van der Waals surface area contributed by atoms with Crippen LogP contribution in [0, 0.1) is 0 Å². The maximum absolute atomic E-state index is 6.46. The molecule has 51 heavy (non-hydrogen) atoms. The lowest BCUT2D eigenvalue weighted by atomic mass is 10.1. The molecule has 0 aliphatic heterocycles. The molecule has 0 aliphatic rings. The van der Waals surface area contributed by atoms with E-state index in [4.69, 9.17) is 44.3 Å². The molecule has 0 fully saturated rings. The molecule has 244 valence electrons. The van der Waals surface area contributed by atoms with E-state index in [0.29, 0.717) is 57.1 Å². The summed E-state index contributed by atoms with van der Waals surface area (Å²) in [4.78, 5) is 39.5. The number of aromatic nitrogens is 8. The van der Waals surface area contributed by atoms with Gasteiger partial charge in [0.15, 0.2) is 46.2 Å². The maximum atomic E-state index is 6.46. The van der Waals surface area contributed by atoms with Crippen LogP contribution in [0.5, 0.6) is 0 Å². The highest BCUT2D eigenvalue weighted by Crippen LogP contribution is 2.36. The highest BCUT2D eigenvalue weighted by molar-refractivity contribution is 9.10. The fourth-order valence-electron chi connectivity index (χ4n) is 5.54. The largest absolute Gasteiger partial charge is 0.452 e. The third kappa shape index (κ3) is 6.36. The van der Waals surface area contributed by atoms with Crippen LogP contribution in [-0.4, -0.2) is 39.9 Å². The Morgan fingerprint density at radius 3 is 1.73 bits per heavy atom. The van der Waals surface area contributed by atoms with Crippen LogP contribution >= 0.6 is 15.9 Å². The molecular formula is C41H27BrN8O. The Hall–Kier alpha value is -6.52. The Balaban J connectivity index is 1.43. The van der Waals surface area contributed by atoms with Crippen molar-refractivity contribution >= 4 is 43.6 Å². The van der Waals surface area contributed by atoms with E-state index in [1.165, 1.54) is 0 Å². The van der Waals surface area contributed by atoms with Gasteiger partial charge in [0.25, 0.3) is 0 Å². The lowest BCUT2D eigenvalue weighted by molar-refractivity contribution is 0.666. The normalized spacial score (nSPS) is 11.8. The van der Waals surface area contributed by atoms with Crippen molar-refractivity contribution in [3.8, 4) is 57.3 Å². The molecule has 8 rings (SSSR count). The molecule has 0 atom stereocenters. The predicted octanol–water partition coefficient (Wildman–Crippen LogP) is 9.99. The van der Waals surface area contributed by atoms with Crippen LogP contribution < -0.4 is 0 Å². The second kappa shape index (κ2) is 13.8. The Labute approximate surface area is 301 Å². The molecule has 0 unspecified atom stereocenters. The van der Waals surface area contributed by atoms with E-state index >= 15 is 0 Å². The maximum Gasteiger partial charge on any atom is 0.201 e. The fraction of sp³-hybridized carbons (Fsp3) is 0.0244. The number of nitrogens with zero attached hydrogens (tertiary/aromatic N) is 8. The molecule has 0 radical (unpaired) electrons. The van der Waals surface area contributed by atoms with Crippen LogP contribution in [0.2, 0.25) is 0 Å². The second-order valence-corrected chi connectivity index (χ2v) is 12.3. The van der Waals surface area contributed by atoms with Gasteiger partial charge in [-0.1, -0.05) is 138 Å². The van der Waals surface area contributed by atoms with Crippen LogP contribution in [0.25, 0.3) is 85.0 Å². The van der Waals surface area contributed by atoms with E-state index in [1.54, 1.807) is 6.08 Å². The summed E-state index contributed by atoms with van der Waals surface area (Å²) in [5.41, 5.74) is 5.16. The van der Waals surface area contributed by atoms with Gasteiger partial charge >= 0.3 is 0 Å². The molecule has 9 nitrogen and oxygen atoms in total. The molecule has 0 amide bonds. The van der Waals surface area contributed by atoms with Crippen molar-refractivity contribution in [2.75, 3.05) is 0 Å². The number of allylic oxidation sites excluding steroid dienone is 5. The van der Waals surface area contributed by atoms with Gasteiger partial charge in [-0.3, -0.25) is 0 Å². The lowest BCUT2D eigenvalue weighted by Gasteiger charge is -2.10. The van der Waals surface area contributed by atoms with Crippen LogP contribution in [0.15, 0.2) is 149 Å². The molecule has 0 saturated heterocycles. The van der Waals surface area contributed by atoms with Gasteiger partial charge in [-0.25, -0.2) is 39.9 Å². The van der Waals surface area contributed by atoms with Gasteiger partial charge in [-0.2, -0.15) is 0 Å². The van der Waals surface area contributed by atoms with Crippen molar-refractivity contribution in [2.24, 2.45) is 0 Å². The smallest absolute Gasteiger partial charge is 0.201 e. The van der Waals surface area contributed by atoms with Crippen molar-refractivity contribution in [3.63, 3.8) is 0 Å². The van der Waals surface area contributed by atoms with Gasteiger partial charge in [0.1, 0.15) is 11.1 Å². The first-order chi connectivity index (χ1) is 25.1. The summed E-state index contributed by atoms with van der Waals surface area (Å²) in [7, 11) is 0. The summed E-state index contributed by atoms with van der Waals surface area (Å²) in [6.45, 7) is 5.97. The second-order valence-electron chi connectivity index (χ2n) is 11.4. The Morgan fingerprint density at radius 2 is 1.14 bits per heavy atom. The van der Waals surface area contributed by atoms with E-state index < -0.39 is 0 Å². The SMILES string of the molecule is C=C/C(=C\C=C/C)c1nc(-c2ccccc2)nc(-c2nc(-c3nc(-c4ccccc4)nc(-c4ccccc4)n3)nc3c2oc2ccc(Br)cc23)n1. The van der Waals surface area contributed by atoms with Crippen molar-refractivity contribution < 1.29 is 4.42 Å². The highest BCUT2D eigenvalue weighted by atomic mass is 79.9. The quantitative estimate of drug-likeness (QED) is 0.141. The number of hydrogen-bond acceptors (Lipinski definition) is 9. The standard InChI is InChI=1S/C41H27BrN8O/c1-3-5-15-25(4-2)35-45-36(26-16-9-6-10-17-26)48-39(47-35)33-34-32(30-24-29(42)22-23-31(30)51-34)43-40(44-33)41-49-37(27-18-11-7-12-19-27)46-38(50-41)28-20-13-8-14-21-28/h3-24H,2H2,1H3/b5-3-,25-15+. The zero-order valence-electron chi connectivity index (χ0n) is 27.3. The lowest BCUT2D eigenvalue weighted by Crippen LogP contribution is -2.06. The monoisotopic (exact) mass is 726 g/mol. The number of furan rings is 1. The summed E-state index contributed by atoms with van der Waals surface area (Å²) in [6.07, 6.45) is 7.46. The van der Waals surface area contributed by atoms with Gasteiger partial charge in [-0.05, 0) is 25.1 Å². The summed E-state index contributed by atoms with van der Waals surface area (Å²) in [6, 6.07) is 35.0. The zero-order chi connectivity index (χ0) is 34.7. The fourth-order valence-corrected chi connectivity index (χ4v) is 5.90. The molecule has 4 aromatic carbocycles. The average Bonchev–Trinajstić information content (AvgIpc) is 3.56. The first-order valence-electron chi connectivity index (χ1n) is 16.1. The molecule has 0 bridgehead atoms. The predicted molar refractivity (Wildman–Crippen MR) is 204 cm³/mol. The molecular weight excluding hydrogens is 700 g/mol. The Morgan fingerprint density at radius 1 is 0.608 bits per heavy atom. The number of halogens is 1. The Bertz CT molecular complexity index is 2560. The molecule has 0 N–H and O–H groups in total. The van der Waals surface area contributed by atoms with Crippen LogP contribution in [0.4, 0.5) is 0 Å². The minimum atomic E-state index is 0.258. The van der Waals surface area contributed by atoms with Gasteiger partial charge in [-0.15, -0.1) is 0 Å². The van der Waals surface area contributed by atoms with Gasteiger partial charge in [0.2, 0.25) is 5.82 Å². The van der Waals surface area contributed by atoms with Crippen molar-refractivity contribution in [1.29, 1.82) is 0 Å². The molecule has 8 aromatic rings. The molecule has 10 heteroatoms. The number of rotatable bonds is 8. The van der Waals surface area contributed by atoms with Crippen LogP contribution in [-0.2, 0) is 0 Å². The number of fused-ring (bicyclic) bond motifs is 3. The average molecular weight is 728 g/mol. The van der Waals surface area contributed by atoms with E-state index in [0.717, 1.165) is 26.5 Å². The van der Waals surface area contributed by atoms with Gasteiger partial charge in [0, 0.05) is 32.1 Å².